The first kappa shape index (κ1) is 14.8. The molecule has 0 saturated carbocycles. The van der Waals surface area contributed by atoms with Crippen LogP contribution in [0.1, 0.15) is 21.8 Å². The fourth-order valence-corrected chi connectivity index (χ4v) is 2.13. The maximum atomic E-state index is 12.2. The van der Waals surface area contributed by atoms with Crippen molar-refractivity contribution in [1.82, 2.24) is 15.3 Å². The van der Waals surface area contributed by atoms with Crippen LogP contribution in [0.4, 0.5) is 0 Å². The lowest BCUT2D eigenvalue weighted by molar-refractivity contribution is 0.0923. The molecule has 0 unspecified atom stereocenters. The minimum Gasteiger partial charge on any atom is -0.431 e. The van der Waals surface area contributed by atoms with Gasteiger partial charge in [0.05, 0.1) is 5.69 Å². The van der Waals surface area contributed by atoms with E-state index in [0.717, 1.165) is 11.1 Å². The normalized spacial score (nSPS) is 10.5. The maximum absolute atomic E-state index is 12.2. The van der Waals surface area contributed by atoms with Gasteiger partial charge in [-0.05, 0) is 24.6 Å². The predicted molar refractivity (Wildman–Crippen MR) is 84.9 cm³/mol. The molecular formula is C17H15N3O3. The zero-order valence-electron chi connectivity index (χ0n) is 12.5. The second-order valence-corrected chi connectivity index (χ2v) is 5.04. The molecule has 0 spiro atoms. The lowest BCUT2D eigenvalue weighted by Crippen LogP contribution is -2.23. The van der Waals surface area contributed by atoms with Gasteiger partial charge in [-0.2, -0.15) is 0 Å². The number of rotatable bonds is 4. The number of nitrogens with zero attached hydrogens (tertiary/aromatic N) is 1. The molecule has 0 aliphatic heterocycles. The molecular weight excluding hydrogens is 294 g/mol. The molecule has 0 saturated heterocycles. The number of benzene rings is 1. The fourth-order valence-electron chi connectivity index (χ4n) is 2.13. The number of hydrogen-bond donors (Lipinski definition) is 2. The molecule has 3 aromatic rings. The third-order valence-electron chi connectivity index (χ3n) is 3.33. The van der Waals surface area contributed by atoms with Crippen molar-refractivity contribution in [2.24, 2.45) is 0 Å². The van der Waals surface area contributed by atoms with E-state index in [1.54, 1.807) is 19.2 Å². The molecule has 0 radical (unpaired) electrons. The summed E-state index contributed by atoms with van der Waals surface area (Å²) in [6.07, 6.45) is 1.56. The van der Waals surface area contributed by atoms with E-state index >= 15 is 0 Å². The highest BCUT2D eigenvalue weighted by atomic mass is 16.4. The molecule has 1 aromatic carbocycles. The van der Waals surface area contributed by atoms with E-state index in [4.69, 9.17) is 4.42 Å². The summed E-state index contributed by atoms with van der Waals surface area (Å²) in [6, 6.07) is 12.5. The van der Waals surface area contributed by atoms with Gasteiger partial charge < -0.3 is 14.7 Å². The Bertz CT molecular complexity index is 861. The number of carbonyl (C=O) groups excluding carboxylic acids is 1. The first-order valence-corrected chi connectivity index (χ1v) is 7.12. The van der Waals surface area contributed by atoms with Gasteiger partial charge in [0.25, 0.3) is 5.91 Å². The summed E-state index contributed by atoms with van der Waals surface area (Å²) in [5, 5.41) is 2.75. The zero-order chi connectivity index (χ0) is 16.2. The minimum atomic E-state index is -0.344. The molecule has 2 N–H and O–H groups in total. The van der Waals surface area contributed by atoms with Gasteiger partial charge in [0.1, 0.15) is 0 Å². The molecule has 6 heteroatoms. The summed E-state index contributed by atoms with van der Waals surface area (Å²) >= 11 is 0. The highest BCUT2D eigenvalue weighted by Gasteiger charge is 2.17. The highest BCUT2D eigenvalue weighted by molar-refractivity contribution is 5.92. The lowest BCUT2D eigenvalue weighted by atomic mass is 10.2. The summed E-state index contributed by atoms with van der Waals surface area (Å²) in [6.45, 7) is 2.02. The quantitative estimate of drug-likeness (QED) is 0.774. The van der Waals surface area contributed by atoms with Gasteiger partial charge in [-0.3, -0.25) is 9.59 Å². The van der Waals surface area contributed by atoms with E-state index in [0.29, 0.717) is 11.6 Å². The van der Waals surface area contributed by atoms with E-state index in [2.05, 4.69) is 15.3 Å². The largest absolute Gasteiger partial charge is 0.431 e. The Morgan fingerprint density at radius 1 is 1.22 bits per heavy atom. The second-order valence-electron chi connectivity index (χ2n) is 5.04. The molecule has 1 amide bonds. The van der Waals surface area contributed by atoms with Gasteiger partial charge in [0, 0.05) is 24.4 Å². The summed E-state index contributed by atoms with van der Waals surface area (Å²) in [4.78, 5) is 30.1. The number of carbonyl (C=O) groups is 1. The number of aromatic amines is 1. The zero-order valence-corrected chi connectivity index (χ0v) is 12.5. The van der Waals surface area contributed by atoms with Crippen molar-refractivity contribution in [2.75, 3.05) is 0 Å². The fraction of sp³-hybridized carbons (Fsp3) is 0.118. The monoisotopic (exact) mass is 309 g/mol. The smallest absolute Gasteiger partial charge is 0.289 e. The van der Waals surface area contributed by atoms with Crippen LogP contribution in [0.15, 0.2) is 57.9 Å². The summed E-state index contributed by atoms with van der Waals surface area (Å²) in [5.74, 6) is 0.258. The predicted octanol–water partition coefficient (Wildman–Crippen LogP) is 2.27. The van der Waals surface area contributed by atoms with Crippen molar-refractivity contribution >= 4 is 5.91 Å². The van der Waals surface area contributed by atoms with Crippen LogP contribution < -0.4 is 10.9 Å². The average molecular weight is 309 g/mol. The minimum absolute atomic E-state index is 0.182. The van der Waals surface area contributed by atoms with Crippen LogP contribution in [0.3, 0.4) is 0 Å². The van der Waals surface area contributed by atoms with Crippen molar-refractivity contribution < 1.29 is 9.21 Å². The molecule has 0 aliphatic rings. The van der Waals surface area contributed by atoms with Gasteiger partial charge in [0.2, 0.25) is 17.2 Å². The summed E-state index contributed by atoms with van der Waals surface area (Å²) in [7, 11) is 0. The van der Waals surface area contributed by atoms with E-state index in [-0.39, 0.29) is 23.8 Å². The molecule has 23 heavy (non-hydrogen) atoms. The highest BCUT2D eigenvalue weighted by Crippen LogP contribution is 2.21. The number of aromatic nitrogens is 2. The summed E-state index contributed by atoms with van der Waals surface area (Å²) in [5.41, 5.74) is 1.95. The number of H-pyrrole nitrogens is 1. The van der Waals surface area contributed by atoms with Crippen molar-refractivity contribution in [3.63, 3.8) is 0 Å². The first-order valence-electron chi connectivity index (χ1n) is 7.12. The Labute approximate surface area is 132 Å². The van der Waals surface area contributed by atoms with E-state index in [9.17, 15) is 9.59 Å². The van der Waals surface area contributed by atoms with Crippen LogP contribution in [-0.2, 0) is 6.54 Å². The first-order chi connectivity index (χ1) is 11.1. The number of pyridine rings is 1. The standard InChI is InChI=1S/C17H15N3O3/c1-11-15(23-17(20-11)13-5-3-2-4-6-13)16(22)19-10-12-7-8-14(21)18-9-12/h2-9H,10H2,1H3,(H,18,21)(H,19,22). The van der Waals surface area contributed by atoms with Gasteiger partial charge in [-0.15, -0.1) is 0 Å². The van der Waals surface area contributed by atoms with Gasteiger partial charge in [0.15, 0.2) is 0 Å². The molecule has 2 heterocycles. The molecule has 6 nitrogen and oxygen atoms in total. The number of oxazole rings is 1. The molecule has 0 atom stereocenters. The van der Waals surface area contributed by atoms with Crippen molar-refractivity contribution in [1.29, 1.82) is 0 Å². The average Bonchev–Trinajstić information content (AvgIpc) is 2.97. The molecule has 2 aromatic heterocycles. The van der Waals surface area contributed by atoms with Crippen LogP contribution in [0.5, 0.6) is 0 Å². The van der Waals surface area contributed by atoms with Crippen molar-refractivity contribution in [3.05, 3.63) is 76.0 Å². The SMILES string of the molecule is Cc1nc(-c2ccccc2)oc1C(=O)NCc1ccc(=O)[nH]c1. The molecule has 0 fully saturated rings. The molecule has 116 valence electrons. The van der Waals surface area contributed by atoms with Crippen molar-refractivity contribution in [3.8, 4) is 11.5 Å². The third kappa shape index (κ3) is 3.37. The third-order valence-corrected chi connectivity index (χ3v) is 3.33. The van der Waals surface area contributed by atoms with Crippen LogP contribution in [0.2, 0.25) is 0 Å². The number of aryl methyl sites for hydroxylation is 1. The Kier molecular flexibility index (Phi) is 4.05. The Morgan fingerprint density at radius 3 is 2.70 bits per heavy atom. The molecule has 3 rings (SSSR count). The van der Waals surface area contributed by atoms with Crippen LogP contribution in [-0.4, -0.2) is 15.9 Å². The van der Waals surface area contributed by atoms with Gasteiger partial charge in [-0.25, -0.2) is 4.98 Å². The van der Waals surface area contributed by atoms with E-state index in [1.165, 1.54) is 6.07 Å². The Morgan fingerprint density at radius 2 is 2.00 bits per heavy atom. The van der Waals surface area contributed by atoms with Gasteiger partial charge >= 0.3 is 0 Å². The van der Waals surface area contributed by atoms with Crippen molar-refractivity contribution in [2.45, 2.75) is 13.5 Å². The Hall–Kier alpha value is -3.15. The second kappa shape index (κ2) is 6.31. The topological polar surface area (TPSA) is 88.0 Å². The van der Waals surface area contributed by atoms with E-state index in [1.807, 2.05) is 30.3 Å². The van der Waals surface area contributed by atoms with E-state index < -0.39 is 0 Å². The number of nitrogens with one attached hydrogen (secondary N) is 2. The number of hydrogen-bond acceptors (Lipinski definition) is 4. The molecule has 0 aliphatic carbocycles. The lowest BCUT2D eigenvalue weighted by Gasteiger charge is -2.03. The molecule has 0 bridgehead atoms. The summed E-state index contributed by atoms with van der Waals surface area (Å²) < 4.78 is 5.59. The maximum Gasteiger partial charge on any atom is 0.289 e. The van der Waals surface area contributed by atoms with Crippen LogP contribution in [0, 0.1) is 6.92 Å². The van der Waals surface area contributed by atoms with Crippen LogP contribution in [0.25, 0.3) is 11.5 Å². The van der Waals surface area contributed by atoms with Crippen LogP contribution >= 0.6 is 0 Å². The number of amides is 1. The Balaban J connectivity index is 1.74. The van der Waals surface area contributed by atoms with Gasteiger partial charge in [-0.1, -0.05) is 24.3 Å².